The lowest BCUT2D eigenvalue weighted by atomic mass is 10.1. The van der Waals surface area contributed by atoms with Gasteiger partial charge in [-0.15, -0.1) is 0 Å². The second-order valence-electron chi connectivity index (χ2n) is 10.8. The quantitative estimate of drug-likeness (QED) is 0.293. The molecule has 0 spiro atoms. The zero-order valence-electron chi connectivity index (χ0n) is 25.3. The van der Waals surface area contributed by atoms with Gasteiger partial charge < -0.3 is 10.2 Å². The Hall–Kier alpha value is -3.65. The van der Waals surface area contributed by atoms with E-state index >= 15 is 0 Å². The van der Waals surface area contributed by atoms with E-state index in [2.05, 4.69) is 5.32 Å². The van der Waals surface area contributed by atoms with E-state index in [-0.39, 0.29) is 23.4 Å². The van der Waals surface area contributed by atoms with Crippen molar-refractivity contribution in [3.05, 3.63) is 94.5 Å². The number of benzene rings is 3. The van der Waals surface area contributed by atoms with Crippen LogP contribution in [0.15, 0.2) is 71.6 Å². The average Bonchev–Trinajstić information content (AvgIpc) is 2.94. The number of anilines is 1. The molecule has 0 aliphatic rings. The molecule has 7 nitrogen and oxygen atoms in total. The van der Waals surface area contributed by atoms with Gasteiger partial charge in [0.2, 0.25) is 11.8 Å². The Labute approximate surface area is 245 Å². The summed E-state index contributed by atoms with van der Waals surface area (Å²) in [6.07, 6.45) is 1.14. The number of nitrogens with one attached hydrogen (secondary N) is 1. The highest BCUT2D eigenvalue weighted by Gasteiger charge is 2.34. The standard InChI is InChI=1S/C33H43N3O4S/c1-8-27(7)34-33(38)30(9-2)35(21-28-13-11-10-12-25(28)5)32(37)22-36(31-20-24(4)14-17-26(31)6)41(39,40)29-18-15-23(3)16-19-29/h10-20,27,30H,8-9,21-22H2,1-7H3,(H,34,38)/t27-,30+/m0/s1. The highest BCUT2D eigenvalue weighted by Crippen LogP contribution is 2.29. The summed E-state index contributed by atoms with van der Waals surface area (Å²) in [7, 11) is -4.11. The van der Waals surface area contributed by atoms with Crippen molar-refractivity contribution in [3.63, 3.8) is 0 Å². The van der Waals surface area contributed by atoms with Crippen LogP contribution in [-0.2, 0) is 26.2 Å². The van der Waals surface area contributed by atoms with Crippen LogP contribution in [-0.4, -0.2) is 43.8 Å². The summed E-state index contributed by atoms with van der Waals surface area (Å²) >= 11 is 0. The van der Waals surface area contributed by atoms with Crippen molar-refractivity contribution in [2.45, 2.75) is 84.8 Å². The molecule has 0 fully saturated rings. The lowest BCUT2D eigenvalue weighted by Gasteiger charge is -2.34. The summed E-state index contributed by atoms with van der Waals surface area (Å²) in [5, 5.41) is 3.01. The molecular weight excluding hydrogens is 534 g/mol. The summed E-state index contributed by atoms with van der Waals surface area (Å²) in [6, 6.07) is 19.1. The lowest BCUT2D eigenvalue weighted by molar-refractivity contribution is -0.140. The first-order chi connectivity index (χ1) is 19.4. The number of sulfonamides is 1. The second-order valence-corrected chi connectivity index (χ2v) is 12.7. The number of rotatable bonds is 12. The van der Waals surface area contributed by atoms with Gasteiger partial charge in [0.25, 0.3) is 10.0 Å². The molecule has 8 heteroatoms. The molecule has 3 rings (SSSR count). The monoisotopic (exact) mass is 577 g/mol. The molecule has 0 bridgehead atoms. The molecular formula is C33H43N3O4S. The molecule has 0 saturated heterocycles. The third-order valence-corrected chi connectivity index (χ3v) is 9.28. The lowest BCUT2D eigenvalue weighted by Crippen LogP contribution is -2.53. The van der Waals surface area contributed by atoms with Gasteiger partial charge in [0.15, 0.2) is 0 Å². The van der Waals surface area contributed by atoms with Gasteiger partial charge in [-0.1, -0.05) is 67.9 Å². The number of carbonyl (C=O) groups is 2. The summed E-state index contributed by atoms with van der Waals surface area (Å²) in [5.74, 6) is -0.695. The topological polar surface area (TPSA) is 86.8 Å². The Morgan fingerprint density at radius 3 is 2.07 bits per heavy atom. The molecule has 0 radical (unpaired) electrons. The fourth-order valence-corrected chi connectivity index (χ4v) is 6.14. The average molecular weight is 578 g/mol. The smallest absolute Gasteiger partial charge is 0.264 e. The highest BCUT2D eigenvalue weighted by molar-refractivity contribution is 7.92. The number of amides is 2. The third kappa shape index (κ3) is 7.76. The highest BCUT2D eigenvalue weighted by atomic mass is 32.2. The van der Waals surface area contributed by atoms with Crippen molar-refractivity contribution in [1.82, 2.24) is 10.2 Å². The van der Waals surface area contributed by atoms with E-state index in [9.17, 15) is 18.0 Å². The van der Waals surface area contributed by atoms with Gasteiger partial charge >= 0.3 is 0 Å². The van der Waals surface area contributed by atoms with Gasteiger partial charge in [-0.25, -0.2) is 8.42 Å². The van der Waals surface area contributed by atoms with Crippen LogP contribution in [0, 0.1) is 27.7 Å². The van der Waals surface area contributed by atoms with E-state index in [0.29, 0.717) is 12.1 Å². The summed E-state index contributed by atoms with van der Waals surface area (Å²) < 4.78 is 29.4. The van der Waals surface area contributed by atoms with Crippen LogP contribution in [0.2, 0.25) is 0 Å². The fourth-order valence-electron chi connectivity index (χ4n) is 4.67. The van der Waals surface area contributed by atoms with Crippen molar-refractivity contribution in [2.24, 2.45) is 0 Å². The number of hydrogen-bond acceptors (Lipinski definition) is 4. The molecule has 2 atom stereocenters. The van der Waals surface area contributed by atoms with Crippen LogP contribution < -0.4 is 9.62 Å². The Balaban J connectivity index is 2.11. The maximum atomic E-state index is 14.3. The summed E-state index contributed by atoms with van der Waals surface area (Å²) in [4.78, 5) is 29.3. The van der Waals surface area contributed by atoms with Gasteiger partial charge in [0.1, 0.15) is 12.6 Å². The first-order valence-corrected chi connectivity index (χ1v) is 15.6. The SMILES string of the molecule is CC[C@H](C(=O)N[C@@H](C)CC)N(Cc1ccccc1C)C(=O)CN(c1cc(C)ccc1C)S(=O)(=O)c1ccc(C)cc1. The number of carbonyl (C=O) groups excluding carboxylic acids is 2. The van der Waals surface area contributed by atoms with E-state index in [1.165, 1.54) is 9.21 Å². The van der Waals surface area contributed by atoms with Crippen LogP contribution in [0.5, 0.6) is 0 Å². The molecule has 0 heterocycles. The molecule has 0 saturated carbocycles. The van der Waals surface area contributed by atoms with E-state index in [4.69, 9.17) is 0 Å². The van der Waals surface area contributed by atoms with Crippen LogP contribution in [0.4, 0.5) is 5.69 Å². The Bertz CT molecular complexity index is 1470. The largest absolute Gasteiger partial charge is 0.352 e. The van der Waals surface area contributed by atoms with E-state index in [1.54, 1.807) is 30.3 Å². The van der Waals surface area contributed by atoms with Crippen LogP contribution in [0.25, 0.3) is 0 Å². The number of nitrogens with zero attached hydrogens (tertiary/aromatic N) is 2. The Morgan fingerprint density at radius 2 is 1.46 bits per heavy atom. The first kappa shape index (κ1) is 31.9. The van der Waals surface area contributed by atoms with Gasteiger partial charge in [-0.3, -0.25) is 13.9 Å². The predicted molar refractivity (Wildman–Crippen MR) is 165 cm³/mol. The van der Waals surface area contributed by atoms with Gasteiger partial charge in [-0.2, -0.15) is 0 Å². The van der Waals surface area contributed by atoms with Crippen molar-refractivity contribution in [3.8, 4) is 0 Å². The molecule has 2 amide bonds. The molecule has 220 valence electrons. The Kier molecular flexibility index (Phi) is 10.7. The van der Waals surface area contributed by atoms with Crippen molar-refractivity contribution in [2.75, 3.05) is 10.8 Å². The van der Waals surface area contributed by atoms with Gasteiger partial charge in [0.05, 0.1) is 10.6 Å². The molecule has 0 aromatic heterocycles. The molecule has 3 aromatic rings. The van der Waals surface area contributed by atoms with E-state index in [1.807, 2.05) is 84.9 Å². The van der Waals surface area contributed by atoms with Gasteiger partial charge in [-0.05, 0) is 87.9 Å². The van der Waals surface area contributed by atoms with E-state index in [0.717, 1.165) is 34.2 Å². The third-order valence-electron chi connectivity index (χ3n) is 7.51. The first-order valence-electron chi connectivity index (χ1n) is 14.2. The molecule has 0 aliphatic carbocycles. The molecule has 0 aliphatic heterocycles. The molecule has 41 heavy (non-hydrogen) atoms. The molecule has 1 N–H and O–H groups in total. The molecule has 3 aromatic carbocycles. The van der Waals surface area contributed by atoms with Crippen LogP contribution >= 0.6 is 0 Å². The Morgan fingerprint density at radius 1 is 0.829 bits per heavy atom. The zero-order chi connectivity index (χ0) is 30.3. The number of hydrogen-bond donors (Lipinski definition) is 1. The van der Waals surface area contributed by atoms with Crippen LogP contribution in [0.3, 0.4) is 0 Å². The van der Waals surface area contributed by atoms with E-state index < -0.39 is 28.5 Å². The number of aryl methyl sites for hydroxylation is 4. The van der Waals surface area contributed by atoms with Gasteiger partial charge in [0, 0.05) is 12.6 Å². The maximum absolute atomic E-state index is 14.3. The zero-order valence-corrected chi connectivity index (χ0v) is 26.1. The minimum absolute atomic E-state index is 0.0553. The van der Waals surface area contributed by atoms with Crippen molar-refractivity contribution in [1.29, 1.82) is 0 Å². The second kappa shape index (κ2) is 13.8. The van der Waals surface area contributed by atoms with Crippen molar-refractivity contribution >= 4 is 27.5 Å². The predicted octanol–water partition coefficient (Wildman–Crippen LogP) is 5.84. The molecule has 0 unspecified atom stereocenters. The maximum Gasteiger partial charge on any atom is 0.264 e. The fraction of sp³-hybridized carbons (Fsp3) is 0.394. The minimum atomic E-state index is -4.11. The minimum Gasteiger partial charge on any atom is -0.352 e. The van der Waals surface area contributed by atoms with Crippen molar-refractivity contribution < 1.29 is 18.0 Å². The normalized spacial score (nSPS) is 12.9. The summed E-state index contributed by atoms with van der Waals surface area (Å²) in [6.45, 7) is 13.1. The van der Waals surface area contributed by atoms with Crippen LogP contribution in [0.1, 0.15) is 61.4 Å². The summed E-state index contributed by atoms with van der Waals surface area (Å²) in [5.41, 5.74) is 4.86.